The molecule has 2 rings (SSSR count). The van der Waals surface area contributed by atoms with Gasteiger partial charge < -0.3 is 20.1 Å². The molecule has 1 aromatic rings. The summed E-state index contributed by atoms with van der Waals surface area (Å²) in [4.78, 5) is 20.9. The number of carbonyl (C=O) groups excluding carboxylic acids is 1. The Labute approximate surface area is 149 Å². The van der Waals surface area contributed by atoms with E-state index in [1.54, 1.807) is 6.26 Å². The number of nitrogens with one attached hydrogen (secondary N) is 2. The summed E-state index contributed by atoms with van der Waals surface area (Å²) < 4.78 is 4.89. The van der Waals surface area contributed by atoms with Crippen LogP contribution in [0, 0.1) is 5.92 Å². The molecule has 140 valence electrons. The summed E-state index contributed by atoms with van der Waals surface area (Å²) in [5.41, 5.74) is 0.968. The van der Waals surface area contributed by atoms with Crippen LogP contribution >= 0.6 is 0 Å². The molecule has 2 N–H and O–H groups in total. The van der Waals surface area contributed by atoms with Crippen molar-refractivity contribution in [2.75, 3.05) is 45.8 Å². The number of nitrogens with zero attached hydrogens (tertiary/aromatic N) is 4. The van der Waals surface area contributed by atoms with Crippen molar-refractivity contribution in [1.29, 1.82) is 0 Å². The van der Waals surface area contributed by atoms with E-state index < -0.39 is 0 Å². The van der Waals surface area contributed by atoms with Gasteiger partial charge in [0.25, 0.3) is 0 Å². The summed E-state index contributed by atoms with van der Waals surface area (Å²) in [6.07, 6.45) is 1.61. The Kier molecular flexibility index (Phi) is 7.72. The average Bonchev–Trinajstić information content (AvgIpc) is 3.11. The molecule has 0 spiro atoms. The van der Waals surface area contributed by atoms with Crippen LogP contribution in [0.5, 0.6) is 0 Å². The van der Waals surface area contributed by atoms with Gasteiger partial charge in [0, 0.05) is 57.8 Å². The van der Waals surface area contributed by atoms with Crippen molar-refractivity contribution in [3.05, 3.63) is 18.0 Å². The van der Waals surface area contributed by atoms with E-state index in [1.165, 1.54) is 0 Å². The normalized spacial score (nSPS) is 16.3. The summed E-state index contributed by atoms with van der Waals surface area (Å²) >= 11 is 0. The van der Waals surface area contributed by atoms with Gasteiger partial charge in [-0.1, -0.05) is 19.0 Å². The number of amides is 1. The monoisotopic (exact) mass is 350 g/mol. The Bertz CT molecular complexity index is 535. The van der Waals surface area contributed by atoms with Crippen molar-refractivity contribution >= 4 is 11.9 Å². The number of aliphatic imine (C=N–C) groups is 1. The molecule has 25 heavy (non-hydrogen) atoms. The number of rotatable bonds is 7. The van der Waals surface area contributed by atoms with Gasteiger partial charge in [-0.05, 0) is 6.92 Å². The van der Waals surface area contributed by atoms with Gasteiger partial charge in [-0.2, -0.15) is 0 Å². The fourth-order valence-electron chi connectivity index (χ4n) is 2.64. The van der Waals surface area contributed by atoms with Crippen LogP contribution in [0.3, 0.4) is 0 Å². The van der Waals surface area contributed by atoms with Crippen LogP contribution in [0.1, 0.15) is 26.5 Å². The van der Waals surface area contributed by atoms with Crippen LogP contribution in [0.15, 0.2) is 21.8 Å². The highest BCUT2D eigenvalue weighted by molar-refractivity contribution is 5.80. The zero-order chi connectivity index (χ0) is 18.1. The molecule has 0 radical (unpaired) electrons. The fraction of sp³-hybridized carbons (Fsp3) is 0.706. The number of hydrogen-bond donors (Lipinski definition) is 2. The molecule has 1 fully saturated rings. The lowest BCUT2D eigenvalue weighted by Crippen LogP contribution is -2.52. The molecule has 1 aliphatic rings. The summed E-state index contributed by atoms with van der Waals surface area (Å²) in [5.74, 6) is 0.999. The highest BCUT2D eigenvalue weighted by atomic mass is 16.5. The van der Waals surface area contributed by atoms with E-state index >= 15 is 0 Å². The molecule has 8 nitrogen and oxygen atoms in total. The van der Waals surface area contributed by atoms with E-state index in [2.05, 4.69) is 37.5 Å². The Hall–Kier alpha value is -2.09. The second kappa shape index (κ2) is 10.0. The smallest absolute Gasteiger partial charge is 0.222 e. The lowest BCUT2D eigenvalue weighted by Gasteiger charge is -2.36. The van der Waals surface area contributed by atoms with E-state index in [0.29, 0.717) is 13.1 Å². The molecule has 0 aliphatic carbocycles. The van der Waals surface area contributed by atoms with E-state index in [0.717, 1.165) is 50.9 Å². The Balaban J connectivity index is 1.78. The highest BCUT2D eigenvalue weighted by Gasteiger charge is 2.20. The standard InChI is InChI=1S/C17H30N6O2/c1-4-18-17(20-7-6-19-16(24)14(2)3)23-10-8-22(9-11-23)13-15-5-12-25-21-15/h5,12,14H,4,6-11,13H2,1-3H3,(H,18,20)(H,19,24). The quantitative estimate of drug-likeness (QED) is 0.424. The topological polar surface area (TPSA) is 86.0 Å². The molecular formula is C17H30N6O2. The molecule has 2 heterocycles. The van der Waals surface area contributed by atoms with Crippen LogP contribution in [-0.2, 0) is 11.3 Å². The number of carbonyl (C=O) groups is 1. The Morgan fingerprint density at radius 3 is 2.68 bits per heavy atom. The maximum Gasteiger partial charge on any atom is 0.222 e. The van der Waals surface area contributed by atoms with Crippen LogP contribution in [0.25, 0.3) is 0 Å². The largest absolute Gasteiger partial charge is 0.364 e. The van der Waals surface area contributed by atoms with Crippen molar-refractivity contribution in [3.63, 3.8) is 0 Å². The minimum Gasteiger partial charge on any atom is -0.364 e. The van der Waals surface area contributed by atoms with Gasteiger partial charge in [-0.15, -0.1) is 0 Å². The number of guanidine groups is 1. The first-order valence-corrected chi connectivity index (χ1v) is 9.02. The van der Waals surface area contributed by atoms with Crippen LogP contribution in [0.2, 0.25) is 0 Å². The van der Waals surface area contributed by atoms with E-state index in [9.17, 15) is 4.79 Å². The summed E-state index contributed by atoms with van der Waals surface area (Å²) in [6, 6.07) is 1.91. The van der Waals surface area contributed by atoms with Gasteiger partial charge in [0.2, 0.25) is 5.91 Å². The van der Waals surface area contributed by atoms with Crippen molar-refractivity contribution in [1.82, 2.24) is 25.6 Å². The summed E-state index contributed by atoms with van der Waals surface area (Å²) in [6.45, 7) is 12.4. The van der Waals surface area contributed by atoms with Gasteiger partial charge in [0.05, 0.1) is 12.2 Å². The van der Waals surface area contributed by atoms with Crippen LogP contribution in [0.4, 0.5) is 0 Å². The highest BCUT2D eigenvalue weighted by Crippen LogP contribution is 2.07. The Morgan fingerprint density at radius 1 is 1.32 bits per heavy atom. The summed E-state index contributed by atoms with van der Waals surface area (Å²) in [7, 11) is 0. The third kappa shape index (κ3) is 6.38. The van der Waals surface area contributed by atoms with Crippen molar-refractivity contribution < 1.29 is 9.32 Å². The number of aromatic nitrogens is 1. The zero-order valence-corrected chi connectivity index (χ0v) is 15.5. The van der Waals surface area contributed by atoms with E-state index in [4.69, 9.17) is 4.52 Å². The third-order valence-corrected chi connectivity index (χ3v) is 4.08. The molecule has 1 aromatic heterocycles. The molecule has 0 unspecified atom stereocenters. The lowest BCUT2D eigenvalue weighted by atomic mass is 10.2. The first-order valence-electron chi connectivity index (χ1n) is 9.02. The second-order valence-corrected chi connectivity index (χ2v) is 6.44. The second-order valence-electron chi connectivity index (χ2n) is 6.44. The zero-order valence-electron chi connectivity index (χ0n) is 15.5. The minimum atomic E-state index is 0.00927. The van der Waals surface area contributed by atoms with Crippen molar-refractivity contribution in [2.45, 2.75) is 27.3 Å². The third-order valence-electron chi connectivity index (χ3n) is 4.08. The van der Waals surface area contributed by atoms with Gasteiger partial charge in [-0.25, -0.2) is 0 Å². The first-order chi connectivity index (χ1) is 12.1. The SMILES string of the molecule is CCNC(=NCCNC(=O)C(C)C)N1CCN(Cc2ccon2)CC1. The van der Waals surface area contributed by atoms with Crippen molar-refractivity contribution in [2.24, 2.45) is 10.9 Å². The lowest BCUT2D eigenvalue weighted by molar-refractivity contribution is -0.123. The molecular weight excluding hydrogens is 320 g/mol. The average molecular weight is 350 g/mol. The maximum atomic E-state index is 11.6. The fourth-order valence-corrected chi connectivity index (χ4v) is 2.64. The molecule has 8 heteroatoms. The Morgan fingerprint density at radius 2 is 2.08 bits per heavy atom. The molecule has 1 saturated heterocycles. The molecule has 0 atom stereocenters. The molecule has 0 saturated carbocycles. The summed E-state index contributed by atoms with van der Waals surface area (Å²) in [5, 5.41) is 10.2. The predicted molar refractivity (Wildman–Crippen MR) is 97.2 cm³/mol. The molecule has 1 aliphatic heterocycles. The van der Waals surface area contributed by atoms with Crippen molar-refractivity contribution in [3.8, 4) is 0 Å². The van der Waals surface area contributed by atoms with Gasteiger partial charge in [0.1, 0.15) is 6.26 Å². The number of piperazine rings is 1. The van der Waals surface area contributed by atoms with Gasteiger partial charge in [-0.3, -0.25) is 14.7 Å². The molecule has 0 bridgehead atoms. The van der Waals surface area contributed by atoms with Crippen LogP contribution < -0.4 is 10.6 Å². The van der Waals surface area contributed by atoms with E-state index in [-0.39, 0.29) is 11.8 Å². The van der Waals surface area contributed by atoms with E-state index in [1.807, 2.05) is 19.9 Å². The number of hydrogen-bond acceptors (Lipinski definition) is 5. The molecule has 1 amide bonds. The minimum absolute atomic E-state index is 0.00927. The molecule has 0 aromatic carbocycles. The first kappa shape index (κ1) is 19.2. The maximum absolute atomic E-state index is 11.6. The van der Waals surface area contributed by atoms with Gasteiger partial charge >= 0.3 is 0 Å². The van der Waals surface area contributed by atoms with Crippen LogP contribution in [-0.4, -0.2) is 72.6 Å². The van der Waals surface area contributed by atoms with Gasteiger partial charge in [0.15, 0.2) is 5.96 Å². The predicted octanol–water partition coefficient (Wildman–Crippen LogP) is 0.530.